The number of carbonyl (C=O) groups is 2. The van der Waals surface area contributed by atoms with E-state index in [1.165, 1.54) is 115 Å². The van der Waals surface area contributed by atoms with E-state index in [0.29, 0.717) is 13.2 Å². The molecule has 0 aliphatic heterocycles. The van der Waals surface area contributed by atoms with E-state index >= 15 is 0 Å². The fourth-order valence-electron chi connectivity index (χ4n) is 4.33. The lowest BCUT2D eigenvalue weighted by Gasteiger charge is -2.02. The maximum Gasteiger partial charge on any atom is 0.302 e. The van der Waals surface area contributed by atoms with Crippen molar-refractivity contribution in [2.24, 2.45) is 0 Å². The van der Waals surface area contributed by atoms with Crippen molar-refractivity contribution in [3.8, 4) is 0 Å². The van der Waals surface area contributed by atoms with Gasteiger partial charge in [-0.05, 0) is 36.8 Å². The van der Waals surface area contributed by atoms with Crippen molar-refractivity contribution in [2.45, 2.75) is 157 Å². The first-order chi connectivity index (χ1) is 21.4. The Morgan fingerprint density at radius 3 is 0.932 bits per heavy atom. The van der Waals surface area contributed by atoms with Crippen LogP contribution in [-0.4, -0.2) is 25.2 Å². The lowest BCUT2D eigenvalue weighted by Crippen LogP contribution is -2.00. The first-order valence-electron chi connectivity index (χ1n) is 17.8. The van der Waals surface area contributed by atoms with E-state index in [4.69, 9.17) is 9.47 Å². The van der Waals surface area contributed by atoms with E-state index in [-0.39, 0.29) is 11.9 Å². The van der Waals surface area contributed by atoms with Crippen LogP contribution in [0.2, 0.25) is 0 Å². The highest BCUT2D eigenvalue weighted by Crippen LogP contribution is 2.10. The summed E-state index contributed by atoms with van der Waals surface area (Å²) in [6.45, 7) is 12.9. The molecule has 0 heterocycles. The highest BCUT2D eigenvalue weighted by Gasteiger charge is 1.95. The number of hydrogen-bond acceptors (Lipinski definition) is 4. The van der Waals surface area contributed by atoms with Crippen LogP contribution in [-0.2, 0) is 31.9 Å². The van der Waals surface area contributed by atoms with Gasteiger partial charge in [-0.1, -0.05) is 178 Å². The fourth-order valence-corrected chi connectivity index (χ4v) is 4.33. The van der Waals surface area contributed by atoms with E-state index in [0.717, 1.165) is 25.7 Å². The van der Waals surface area contributed by atoms with E-state index in [1.54, 1.807) is 0 Å². The van der Waals surface area contributed by atoms with E-state index in [1.807, 2.05) is 12.1 Å². The van der Waals surface area contributed by atoms with Crippen LogP contribution in [0.1, 0.15) is 155 Å². The van der Waals surface area contributed by atoms with Crippen molar-refractivity contribution >= 4 is 11.9 Å². The Labute approximate surface area is 272 Å². The van der Waals surface area contributed by atoms with Gasteiger partial charge in [0.25, 0.3) is 0 Å². The van der Waals surface area contributed by atoms with Gasteiger partial charge in [-0.2, -0.15) is 0 Å². The summed E-state index contributed by atoms with van der Waals surface area (Å²) >= 11 is 0. The van der Waals surface area contributed by atoms with Crippen molar-refractivity contribution < 1.29 is 19.1 Å². The number of aryl methyl sites for hydroxylation is 2. The zero-order valence-corrected chi connectivity index (χ0v) is 29.5. The lowest BCUT2D eigenvalue weighted by atomic mass is 10.1. The Bertz CT molecular complexity index is 795. The summed E-state index contributed by atoms with van der Waals surface area (Å²) in [6.07, 6.45) is 22.8. The fraction of sp³-hybridized carbons (Fsp3) is 0.650. The molecular formula is C40H68O4. The van der Waals surface area contributed by atoms with Crippen LogP contribution in [0.4, 0.5) is 0 Å². The van der Waals surface area contributed by atoms with E-state index < -0.39 is 0 Å². The molecule has 0 saturated heterocycles. The Kier molecular flexibility index (Phi) is 36.2. The van der Waals surface area contributed by atoms with Crippen LogP contribution in [0.25, 0.3) is 0 Å². The number of hydrogen-bond donors (Lipinski definition) is 0. The van der Waals surface area contributed by atoms with Crippen LogP contribution in [0.5, 0.6) is 0 Å². The molecule has 0 unspecified atom stereocenters. The zero-order valence-electron chi connectivity index (χ0n) is 29.5. The van der Waals surface area contributed by atoms with Gasteiger partial charge in [-0.25, -0.2) is 0 Å². The number of unbranched alkanes of at least 4 members (excludes halogenated alkanes) is 14. The predicted octanol–water partition coefficient (Wildman–Crippen LogP) is 11.9. The molecular weight excluding hydrogens is 544 g/mol. The molecule has 0 aliphatic rings. The Morgan fingerprint density at radius 1 is 0.432 bits per heavy atom. The molecule has 0 radical (unpaired) electrons. The van der Waals surface area contributed by atoms with Crippen molar-refractivity contribution in [2.75, 3.05) is 13.2 Å². The van der Waals surface area contributed by atoms with Gasteiger partial charge in [0.1, 0.15) is 0 Å². The minimum absolute atomic E-state index is 0.157. The first kappa shape index (κ1) is 43.5. The van der Waals surface area contributed by atoms with Crippen LogP contribution in [0.3, 0.4) is 0 Å². The smallest absolute Gasteiger partial charge is 0.302 e. The Hall–Kier alpha value is -2.62. The van der Waals surface area contributed by atoms with Crippen LogP contribution < -0.4 is 0 Å². The van der Waals surface area contributed by atoms with Gasteiger partial charge < -0.3 is 9.47 Å². The van der Waals surface area contributed by atoms with E-state index in [9.17, 15) is 9.59 Å². The normalized spacial score (nSPS) is 9.77. The molecule has 0 atom stereocenters. The second-order valence-corrected chi connectivity index (χ2v) is 11.3. The molecule has 2 aromatic carbocycles. The van der Waals surface area contributed by atoms with Crippen LogP contribution in [0, 0.1) is 0 Å². The number of rotatable bonds is 20. The number of carbonyl (C=O) groups excluding carboxylic acids is 2. The second-order valence-electron chi connectivity index (χ2n) is 11.3. The van der Waals surface area contributed by atoms with Gasteiger partial charge in [0, 0.05) is 13.8 Å². The number of esters is 2. The lowest BCUT2D eigenvalue weighted by molar-refractivity contribution is -0.142. The molecule has 4 nitrogen and oxygen atoms in total. The summed E-state index contributed by atoms with van der Waals surface area (Å²) < 4.78 is 9.68. The number of benzene rings is 2. The third-order valence-corrected chi connectivity index (χ3v) is 7.11. The van der Waals surface area contributed by atoms with Gasteiger partial charge in [-0.3, -0.25) is 9.59 Å². The standard InChI is InChI=1S/C14H28O2.C10H20O2.2C8H10/c1-3-4-5-6-7-8-9-10-11-12-13-16-14(2)15;1-3-4-5-6-7-8-9-12-10(2)11;2*1-2-8-6-4-3-5-7-8/h3-13H2,1-2H3;3-9H2,1-2H3;2*3-7H,2H2,1H3. The van der Waals surface area contributed by atoms with Gasteiger partial charge in [-0.15, -0.1) is 0 Å². The monoisotopic (exact) mass is 613 g/mol. The first-order valence-corrected chi connectivity index (χ1v) is 17.8. The third kappa shape index (κ3) is 37.4. The van der Waals surface area contributed by atoms with Crippen molar-refractivity contribution in [1.29, 1.82) is 0 Å². The molecule has 0 fully saturated rings. The molecule has 0 bridgehead atoms. The second kappa shape index (κ2) is 36.6. The Morgan fingerprint density at radius 2 is 0.705 bits per heavy atom. The summed E-state index contributed by atoms with van der Waals surface area (Å²) in [4.78, 5) is 20.8. The molecule has 0 spiro atoms. The highest BCUT2D eigenvalue weighted by molar-refractivity contribution is 5.66. The van der Waals surface area contributed by atoms with E-state index in [2.05, 4.69) is 76.2 Å². The molecule has 4 heteroatoms. The molecule has 0 saturated carbocycles. The van der Waals surface area contributed by atoms with Gasteiger partial charge in [0.15, 0.2) is 0 Å². The minimum atomic E-state index is -0.163. The molecule has 0 amide bonds. The predicted molar refractivity (Wildman–Crippen MR) is 190 cm³/mol. The molecule has 2 rings (SSSR count). The average Bonchev–Trinajstić information content (AvgIpc) is 3.04. The molecule has 0 aromatic heterocycles. The van der Waals surface area contributed by atoms with Crippen LogP contribution >= 0.6 is 0 Å². The van der Waals surface area contributed by atoms with Gasteiger partial charge in [0.05, 0.1) is 13.2 Å². The van der Waals surface area contributed by atoms with Crippen molar-refractivity contribution in [3.63, 3.8) is 0 Å². The number of ether oxygens (including phenoxy) is 2. The molecule has 0 aliphatic carbocycles. The van der Waals surface area contributed by atoms with Crippen molar-refractivity contribution in [3.05, 3.63) is 71.8 Å². The topological polar surface area (TPSA) is 52.6 Å². The molecule has 44 heavy (non-hydrogen) atoms. The largest absolute Gasteiger partial charge is 0.466 e. The molecule has 2 aromatic rings. The SMILES string of the molecule is CCCCCCCCCCCCOC(C)=O.CCCCCCCCOC(C)=O.CCc1ccccc1.CCc1ccccc1. The summed E-state index contributed by atoms with van der Waals surface area (Å²) in [5.74, 6) is -0.320. The highest BCUT2D eigenvalue weighted by atomic mass is 16.5. The maximum atomic E-state index is 10.5. The average molecular weight is 613 g/mol. The van der Waals surface area contributed by atoms with Crippen molar-refractivity contribution in [1.82, 2.24) is 0 Å². The summed E-state index contributed by atoms with van der Waals surface area (Å²) in [7, 11) is 0. The minimum Gasteiger partial charge on any atom is -0.466 e. The summed E-state index contributed by atoms with van der Waals surface area (Å²) in [5.41, 5.74) is 2.82. The Balaban J connectivity index is 0. The molecule has 252 valence electrons. The quantitative estimate of drug-likeness (QED) is 0.110. The van der Waals surface area contributed by atoms with Gasteiger partial charge >= 0.3 is 11.9 Å². The van der Waals surface area contributed by atoms with Gasteiger partial charge in [0.2, 0.25) is 0 Å². The maximum absolute atomic E-state index is 10.5. The van der Waals surface area contributed by atoms with Crippen LogP contribution in [0.15, 0.2) is 60.7 Å². The summed E-state index contributed by atoms with van der Waals surface area (Å²) in [5, 5.41) is 0. The third-order valence-electron chi connectivity index (χ3n) is 7.11. The molecule has 0 N–H and O–H groups in total. The zero-order chi connectivity index (χ0) is 32.9. The summed E-state index contributed by atoms with van der Waals surface area (Å²) in [6, 6.07) is 20.9.